The second-order valence-corrected chi connectivity index (χ2v) is 4.45. The monoisotopic (exact) mass is 298 g/mol. The highest BCUT2D eigenvalue weighted by molar-refractivity contribution is 9.10. The fourth-order valence-electron chi connectivity index (χ4n) is 1.36. The third-order valence-corrected chi connectivity index (χ3v) is 2.82. The van der Waals surface area contributed by atoms with E-state index in [1.54, 1.807) is 13.3 Å². The summed E-state index contributed by atoms with van der Waals surface area (Å²) >= 11 is 3.31. The van der Waals surface area contributed by atoms with Crippen molar-refractivity contribution in [3.05, 3.63) is 10.7 Å². The lowest BCUT2D eigenvalue weighted by Gasteiger charge is -2.22. The minimum absolute atomic E-state index is 0.0619. The maximum absolute atomic E-state index is 8.82. The van der Waals surface area contributed by atoms with Crippen LogP contribution in [0.4, 0.5) is 5.95 Å². The molecule has 92 valence electrons. The highest BCUT2D eigenvalue weighted by Gasteiger charge is 2.13. The minimum atomic E-state index is -0.0619. The van der Waals surface area contributed by atoms with Gasteiger partial charge in [0.25, 0.3) is 0 Å². The third kappa shape index (κ3) is 3.56. The molecule has 1 rings (SSSR count). The van der Waals surface area contributed by atoms with Crippen LogP contribution in [0, 0.1) is 17.2 Å². The summed E-state index contributed by atoms with van der Waals surface area (Å²) in [5, 5.41) is 8.82. The molecule has 0 fully saturated rings. The molecule has 0 radical (unpaired) electrons. The van der Waals surface area contributed by atoms with Gasteiger partial charge in [-0.3, -0.25) is 0 Å². The van der Waals surface area contributed by atoms with Gasteiger partial charge < -0.3 is 9.64 Å². The second-order valence-electron chi connectivity index (χ2n) is 3.60. The summed E-state index contributed by atoms with van der Waals surface area (Å²) in [6.45, 7) is 5.23. The first kappa shape index (κ1) is 13.7. The molecule has 0 aliphatic carbocycles. The van der Waals surface area contributed by atoms with Crippen LogP contribution >= 0.6 is 15.9 Å². The maximum Gasteiger partial charge on any atom is 0.232 e. The lowest BCUT2D eigenvalue weighted by Crippen LogP contribution is -2.29. The Morgan fingerprint density at radius 2 is 2.35 bits per heavy atom. The zero-order valence-electron chi connectivity index (χ0n) is 10.1. The first-order chi connectivity index (χ1) is 8.12. The van der Waals surface area contributed by atoms with E-state index in [1.807, 2.05) is 18.7 Å². The standard InChI is InChI=1S/C11H15BrN4O/c1-4-16(7-8(2)5-13)11-14-6-9(12)10(15-11)17-3/h6,8H,4,7H2,1-3H3. The summed E-state index contributed by atoms with van der Waals surface area (Å²) in [5.41, 5.74) is 0. The SMILES string of the molecule is CCN(CC(C)C#N)c1ncc(Br)c(OC)n1. The van der Waals surface area contributed by atoms with Crippen LogP contribution in [-0.2, 0) is 0 Å². The quantitative estimate of drug-likeness (QED) is 0.834. The van der Waals surface area contributed by atoms with Crippen LogP contribution in [0.1, 0.15) is 13.8 Å². The number of hydrogen-bond acceptors (Lipinski definition) is 5. The van der Waals surface area contributed by atoms with Crippen LogP contribution < -0.4 is 9.64 Å². The van der Waals surface area contributed by atoms with Crippen molar-refractivity contribution < 1.29 is 4.74 Å². The number of rotatable bonds is 5. The van der Waals surface area contributed by atoms with Crippen molar-refractivity contribution in [2.75, 3.05) is 25.1 Å². The summed E-state index contributed by atoms with van der Waals surface area (Å²) in [6.07, 6.45) is 1.65. The number of aromatic nitrogens is 2. The van der Waals surface area contributed by atoms with Crippen molar-refractivity contribution in [1.82, 2.24) is 9.97 Å². The molecular weight excluding hydrogens is 284 g/mol. The van der Waals surface area contributed by atoms with Crippen molar-refractivity contribution >= 4 is 21.9 Å². The third-order valence-electron chi connectivity index (χ3n) is 2.27. The van der Waals surface area contributed by atoms with Crippen LogP contribution in [0.3, 0.4) is 0 Å². The smallest absolute Gasteiger partial charge is 0.232 e. The van der Waals surface area contributed by atoms with E-state index in [9.17, 15) is 0 Å². The van der Waals surface area contributed by atoms with E-state index in [-0.39, 0.29) is 5.92 Å². The molecule has 0 aliphatic heterocycles. The van der Waals surface area contributed by atoms with Crippen molar-refractivity contribution in [3.8, 4) is 11.9 Å². The molecule has 1 aromatic heterocycles. The molecule has 0 aromatic carbocycles. The van der Waals surface area contributed by atoms with Gasteiger partial charge in [0.2, 0.25) is 11.8 Å². The Balaban J connectivity index is 2.92. The fourth-order valence-corrected chi connectivity index (χ4v) is 1.71. The van der Waals surface area contributed by atoms with E-state index in [2.05, 4.69) is 32.0 Å². The van der Waals surface area contributed by atoms with Gasteiger partial charge in [-0.2, -0.15) is 10.2 Å². The summed E-state index contributed by atoms with van der Waals surface area (Å²) in [4.78, 5) is 10.5. The molecule has 0 saturated heterocycles. The normalized spacial score (nSPS) is 11.7. The van der Waals surface area contributed by atoms with Crippen LogP contribution in [0.25, 0.3) is 0 Å². The summed E-state index contributed by atoms with van der Waals surface area (Å²) in [6, 6.07) is 2.20. The molecule has 0 aliphatic rings. The molecule has 0 bridgehead atoms. The van der Waals surface area contributed by atoms with Gasteiger partial charge in [0, 0.05) is 13.1 Å². The highest BCUT2D eigenvalue weighted by Crippen LogP contribution is 2.23. The van der Waals surface area contributed by atoms with Gasteiger partial charge in [0.1, 0.15) is 0 Å². The number of halogens is 1. The van der Waals surface area contributed by atoms with E-state index >= 15 is 0 Å². The first-order valence-electron chi connectivity index (χ1n) is 5.33. The van der Waals surface area contributed by atoms with Crippen LogP contribution in [0.15, 0.2) is 10.7 Å². The second kappa shape index (κ2) is 6.40. The Morgan fingerprint density at radius 1 is 1.65 bits per heavy atom. The molecule has 1 unspecified atom stereocenters. The van der Waals surface area contributed by atoms with Crippen LogP contribution in [0.5, 0.6) is 5.88 Å². The minimum Gasteiger partial charge on any atom is -0.480 e. The zero-order valence-corrected chi connectivity index (χ0v) is 11.7. The predicted octanol–water partition coefficient (Wildman–Crippen LogP) is 2.23. The topological polar surface area (TPSA) is 62.0 Å². The average Bonchev–Trinajstić information content (AvgIpc) is 2.36. The molecule has 0 amide bonds. The van der Waals surface area contributed by atoms with Gasteiger partial charge in [-0.1, -0.05) is 0 Å². The van der Waals surface area contributed by atoms with E-state index in [0.29, 0.717) is 22.8 Å². The number of anilines is 1. The largest absolute Gasteiger partial charge is 0.480 e. The van der Waals surface area contributed by atoms with Gasteiger partial charge in [-0.25, -0.2) is 4.98 Å². The van der Waals surface area contributed by atoms with Gasteiger partial charge in [-0.15, -0.1) is 0 Å². The van der Waals surface area contributed by atoms with E-state index in [4.69, 9.17) is 10.00 Å². The lowest BCUT2D eigenvalue weighted by molar-refractivity contribution is 0.393. The molecule has 0 spiro atoms. The average molecular weight is 299 g/mol. The molecule has 5 nitrogen and oxygen atoms in total. The number of nitrogens with zero attached hydrogens (tertiary/aromatic N) is 4. The Morgan fingerprint density at radius 3 is 2.88 bits per heavy atom. The Labute approximate surface area is 110 Å². The molecule has 1 heterocycles. The van der Waals surface area contributed by atoms with Crippen molar-refractivity contribution in [2.24, 2.45) is 5.92 Å². The van der Waals surface area contributed by atoms with Gasteiger partial charge in [0.05, 0.1) is 29.8 Å². The molecule has 1 atom stereocenters. The molecule has 0 saturated carbocycles. The highest BCUT2D eigenvalue weighted by atomic mass is 79.9. The van der Waals surface area contributed by atoms with Crippen LogP contribution in [-0.4, -0.2) is 30.2 Å². The number of nitriles is 1. The zero-order chi connectivity index (χ0) is 12.8. The summed E-state index contributed by atoms with van der Waals surface area (Å²) < 4.78 is 5.84. The molecule has 6 heteroatoms. The molecule has 17 heavy (non-hydrogen) atoms. The Hall–Kier alpha value is -1.35. The lowest BCUT2D eigenvalue weighted by atomic mass is 10.2. The first-order valence-corrected chi connectivity index (χ1v) is 6.12. The maximum atomic E-state index is 8.82. The number of methoxy groups -OCH3 is 1. The van der Waals surface area contributed by atoms with E-state index in [0.717, 1.165) is 6.54 Å². The number of ether oxygens (including phenoxy) is 1. The Bertz CT molecular complexity index is 418. The van der Waals surface area contributed by atoms with Crippen molar-refractivity contribution in [1.29, 1.82) is 5.26 Å². The fraction of sp³-hybridized carbons (Fsp3) is 0.545. The molecule has 0 N–H and O–H groups in total. The number of hydrogen-bond donors (Lipinski definition) is 0. The van der Waals surface area contributed by atoms with Crippen molar-refractivity contribution in [3.63, 3.8) is 0 Å². The molecular formula is C11H15BrN4O. The van der Waals surface area contributed by atoms with E-state index in [1.165, 1.54) is 0 Å². The van der Waals surface area contributed by atoms with E-state index < -0.39 is 0 Å². The van der Waals surface area contributed by atoms with Gasteiger partial charge >= 0.3 is 0 Å². The van der Waals surface area contributed by atoms with Crippen molar-refractivity contribution in [2.45, 2.75) is 13.8 Å². The molecule has 1 aromatic rings. The van der Waals surface area contributed by atoms with Crippen LogP contribution in [0.2, 0.25) is 0 Å². The predicted molar refractivity (Wildman–Crippen MR) is 68.9 cm³/mol. The Kier molecular flexibility index (Phi) is 5.16. The van der Waals surface area contributed by atoms with Gasteiger partial charge in [-0.05, 0) is 29.8 Å². The van der Waals surface area contributed by atoms with Gasteiger partial charge in [0.15, 0.2) is 0 Å². The summed E-state index contributed by atoms with van der Waals surface area (Å²) in [5.74, 6) is 1.01. The summed E-state index contributed by atoms with van der Waals surface area (Å²) in [7, 11) is 1.56.